The zero-order valence-electron chi connectivity index (χ0n) is 11.8. The third-order valence-electron chi connectivity index (χ3n) is 3.18. The number of hydrogen-bond acceptors (Lipinski definition) is 5. The van der Waals surface area contributed by atoms with Gasteiger partial charge in [-0.25, -0.2) is 0 Å². The summed E-state index contributed by atoms with van der Waals surface area (Å²) in [5.74, 6) is 1.11. The molecule has 6 heteroatoms. The maximum absolute atomic E-state index is 6.18. The fourth-order valence-electron chi connectivity index (χ4n) is 2.12. The molecule has 0 bridgehead atoms. The van der Waals surface area contributed by atoms with Crippen LogP contribution in [0.2, 0.25) is 0 Å². The van der Waals surface area contributed by atoms with Gasteiger partial charge in [-0.1, -0.05) is 17.3 Å². The summed E-state index contributed by atoms with van der Waals surface area (Å²) in [6.45, 7) is 2.00. The topological polar surface area (TPSA) is 78.8 Å². The first-order valence-corrected chi connectivity index (χ1v) is 6.48. The number of nitrogens with zero attached hydrogens (tertiary/aromatic N) is 4. The molecule has 3 aromatic rings. The Labute approximate surface area is 122 Å². The van der Waals surface area contributed by atoms with Crippen LogP contribution in [0.4, 0.5) is 5.82 Å². The molecule has 0 unspecified atom stereocenters. The fraction of sp³-hybridized carbons (Fsp3) is 0.133. The third-order valence-corrected chi connectivity index (χ3v) is 3.18. The monoisotopic (exact) mass is 281 g/mol. The van der Waals surface area contributed by atoms with Gasteiger partial charge in [0.2, 0.25) is 0 Å². The Morgan fingerprint density at radius 3 is 2.76 bits per heavy atom. The molecule has 2 aromatic heterocycles. The van der Waals surface area contributed by atoms with Crippen LogP contribution in [0.25, 0.3) is 17.1 Å². The van der Waals surface area contributed by atoms with Crippen LogP contribution >= 0.6 is 0 Å². The molecule has 6 nitrogen and oxygen atoms in total. The highest BCUT2D eigenvalue weighted by Gasteiger charge is 2.16. The standard InChI is InChI=1S/C15H15N5O/c1-10-6-7-13(21-2)12(9-10)20-15(16)14(18-19-20)11-5-3-4-8-17-11/h3-9H,16H2,1-2H3. The lowest BCUT2D eigenvalue weighted by Crippen LogP contribution is -2.05. The molecule has 0 aliphatic heterocycles. The molecule has 2 N–H and O–H groups in total. The Hall–Kier alpha value is -2.89. The number of pyridine rings is 1. The number of aromatic nitrogens is 4. The van der Waals surface area contributed by atoms with Gasteiger partial charge < -0.3 is 10.5 Å². The van der Waals surface area contributed by atoms with Gasteiger partial charge in [-0.2, -0.15) is 4.68 Å². The Kier molecular flexibility index (Phi) is 3.27. The highest BCUT2D eigenvalue weighted by molar-refractivity contribution is 5.68. The van der Waals surface area contributed by atoms with E-state index in [1.165, 1.54) is 0 Å². The lowest BCUT2D eigenvalue weighted by Gasteiger charge is -2.10. The Morgan fingerprint density at radius 2 is 2.05 bits per heavy atom. The molecule has 1 aromatic carbocycles. The van der Waals surface area contributed by atoms with E-state index in [0.717, 1.165) is 11.3 Å². The van der Waals surface area contributed by atoms with Gasteiger partial charge in [0.25, 0.3) is 0 Å². The van der Waals surface area contributed by atoms with Crippen molar-refractivity contribution in [1.29, 1.82) is 0 Å². The van der Waals surface area contributed by atoms with E-state index in [-0.39, 0.29) is 0 Å². The zero-order valence-corrected chi connectivity index (χ0v) is 11.8. The van der Waals surface area contributed by atoms with Crippen molar-refractivity contribution in [3.8, 4) is 22.8 Å². The smallest absolute Gasteiger partial charge is 0.157 e. The molecule has 0 saturated heterocycles. The minimum absolute atomic E-state index is 0.428. The molecule has 0 aliphatic carbocycles. The summed E-state index contributed by atoms with van der Waals surface area (Å²) < 4.78 is 6.93. The molecule has 106 valence electrons. The molecular weight excluding hydrogens is 266 g/mol. The van der Waals surface area contributed by atoms with Crippen LogP contribution in [0, 0.1) is 6.92 Å². The van der Waals surface area contributed by atoms with Crippen LogP contribution in [-0.4, -0.2) is 27.1 Å². The van der Waals surface area contributed by atoms with Gasteiger partial charge in [0.05, 0.1) is 12.8 Å². The molecule has 21 heavy (non-hydrogen) atoms. The molecule has 2 heterocycles. The van der Waals surface area contributed by atoms with Gasteiger partial charge in [-0.3, -0.25) is 4.98 Å². The summed E-state index contributed by atoms with van der Waals surface area (Å²) in [5.41, 5.74) is 9.26. The molecule has 0 aliphatic rings. The van der Waals surface area contributed by atoms with Gasteiger partial charge in [0.15, 0.2) is 11.5 Å². The number of hydrogen-bond donors (Lipinski definition) is 1. The van der Waals surface area contributed by atoms with Crippen molar-refractivity contribution in [1.82, 2.24) is 20.0 Å². The predicted molar refractivity (Wildman–Crippen MR) is 80.3 cm³/mol. The summed E-state index contributed by atoms with van der Waals surface area (Å²) in [6, 6.07) is 11.4. The van der Waals surface area contributed by atoms with Gasteiger partial charge in [-0.15, -0.1) is 5.10 Å². The second kappa shape index (κ2) is 5.24. The van der Waals surface area contributed by atoms with E-state index in [1.54, 1.807) is 18.0 Å². The molecule has 0 radical (unpaired) electrons. The first kappa shape index (κ1) is 13.1. The van der Waals surface area contributed by atoms with Crippen LogP contribution in [-0.2, 0) is 0 Å². The summed E-state index contributed by atoms with van der Waals surface area (Å²) >= 11 is 0. The van der Waals surface area contributed by atoms with Crippen molar-refractivity contribution in [3.63, 3.8) is 0 Å². The highest BCUT2D eigenvalue weighted by Crippen LogP contribution is 2.29. The van der Waals surface area contributed by atoms with E-state index >= 15 is 0 Å². The number of anilines is 1. The summed E-state index contributed by atoms with van der Waals surface area (Å²) in [7, 11) is 1.61. The van der Waals surface area contributed by atoms with Crippen LogP contribution in [0.3, 0.4) is 0 Å². The maximum atomic E-state index is 6.18. The highest BCUT2D eigenvalue weighted by atomic mass is 16.5. The first-order valence-electron chi connectivity index (χ1n) is 6.48. The maximum Gasteiger partial charge on any atom is 0.157 e. The third kappa shape index (κ3) is 2.31. The predicted octanol–water partition coefficient (Wildman–Crippen LogP) is 2.23. The second-order valence-electron chi connectivity index (χ2n) is 4.63. The second-order valence-corrected chi connectivity index (χ2v) is 4.63. The number of nitrogen functional groups attached to an aromatic ring is 1. The number of nitrogens with two attached hydrogens (primary N) is 1. The average molecular weight is 281 g/mol. The van der Waals surface area contributed by atoms with E-state index in [9.17, 15) is 0 Å². The number of rotatable bonds is 3. The Bertz CT molecular complexity index is 767. The SMILES string of the molecule is COc1ccc(C)cc1-n1nnc(-c2ccccn2)c1N. The molecule has 3 rings (SSSR count). The molecule has 0 saturated carbocycles. The molecule has 0 amide bonds. The number of aryl methyl sites for hydroxylation is 1. The van der Waals surface area contributed by atoms with Crippen LogP contribution < -0.4 is 10.5 Å². The van der Waals surface area contributed by atoms with Crippen molar-refractivity contribution in [2.24, 2.45) is 0 Å². The van der Waals surface area contributed by atoms with Crippen molar-refractivity contribution in [3.05, 3.63) is 48.2 Å². The lowest BCUT2D eigenvalue weighted by atomic mass is 10.2. The zero-order chi connectivity index (χ0) is 14.8. The summed E-state index contributed by atoms with van der Waals surface area (Å²) in [6.07, 6.45) is 1.70. The van der Waals surface area contributed by atoms with Gasteiger partial charge in [0.1, 0.15) is 11.4 Å². The van der Waals surface area contributed by atoms with Crippen LogP contribution in [0.1, 0.15) is 5.56 Å². The lowest BCUT2D eigenvalue weighted by molar-refractivity contribution is 0.411. The minimum Gasteiger partial charge on any atom is -0.494 e. The van der Waals surface area contributed by atoms with Gasteiger partial charge in [0, 0.05) is 6.20 Å². The Morgan fingerprint density at radius 1 is 1.19 bits per heavy atom. The fourth-order valence-corrected chi connectivity index (χ4v) is 2.12. The number of benzene rings is 1. The molecule has 0 fully saturated rings. The average Bonchev–Trinajstić information content (AvgIpc) is 2.89. The van der Waals surface area contributed by atoms with Crippen LogP contribution in [0.15, 0.2) is 42.6 Å². The first-order chi connectivity index (χ1) is 10.2. The normalized spacial score (nSPS) is 10.6. The van der Waals surface area contributed by atoms with Gasteiger partial charge in [-0.05, 0) is 36.8 Å². The van der Waals surface area contributed by atoms with Crippen LogP contribution in [0.5, 0.6) is 5.75 Å². The van der Waals surface area contributed by atoms with E-state index < -0.39 is 0 Å². The van der Waals surface area contributed by atoms with E-state index in [2.05, 4.69) is 15.3 Å². The van der Waals surface area contributed by atoms with Crippen molar-refractivity contribution in [2.75, 3.05) is 12.8 Å². The number of ether oxygens (including phenoxy) is 1. The van der Waals surface area contributed by atoms with E-state index in [1.807, 2.05) is 43.3 Å². The Balaban J connectivity index is 2.14. The number of methoxy groups -OCH3 is 1. The van der Waals surface area contributed by atoms with Gasteiger partial charge >= 0.3 is 0 Å². The van der Waals surface area contributed by atoms with Crippen molar-refractivity contribution >= 4 is 5.82 Å². The molecule has 0 spiro atoms. The summed E-state index contributed by atoms with van der Waals surface area (Å²) in [4.78, 5) is 4.25. The van der Waals surface area contributed by atoms with E-state index in [4.69, 9.17) is 10.5 Å². The van der Waals surface area contributed by atoms with E-state index in [0.29, 0.717) is 23.0 Å². The van der Waals surface area contributed by atoms with Crippen molar-refractivity contribution < 1.29 is 4.74 Å². The quantitative estimate of drug-likeness (QED) is 0.796. The molecule has 0 atom stereocenters. The van der Waals surface area contributed by atoms with Crippen molar-refractivity contribution in [2.45, 2.75) is 6.92 Å². The largest absolute Gasteiger partial charge is 0.494 e. The molecular formula is C15H15N5O. The minimum atomic E-state index is 0.428. The summed E-state index contributed by atoms with van der Waals surface area (Å²) in [5, 5.41) is 8.27.